The zero-order valence-electron chi connectivity index (χ0n) is 17.3. The number of aliphatic hydroxyl groups is 1. The highest BCUT2D eigenvalue weighted by Crippen LogP contribution is 2.52. The molecule has 2 aromatic carbocycles. The lowest BCUT2D eigenvalue weighted by Gasteiger charge is -2.24. The lowest BCUT2D eigenvalue weighted by atomic mass is 9.83. The van der Waals surface area contributed by atoms with Gasteiger partial charge in [0.05, 0.1) is 13.2 Å². The molecule has 1 N–H and O–H groups in total. The number of methoxy groups -OCH3 is 1. The molecule has 2 aromatic rings. The van der Waals surface area contributed by atoms with Gasteiger partial charge in [-0.3, -0.25) is 0 Å². The molecule has 1 heterocycles. The summed E-state index contributed by atoms with van der Waals surface area (Å²) >= 11 is 0. The Labute approximate surface area is 166 Å². The van der Waals surface area contributed by atoms with Crippen LogP contribution in [0.4, 0.5) is 4.39 Å². The Hall–Kier alpha value is -2.11. The maximum Gasteiger partial charge on any atom is 0.169 e. The first-order valence-corrected chi connectivity index (χ1v) is 9.68. The van der Waals surface area contributed by atoms with E-state index in [1.807, 2.05) is 13.8 Å². The van der Waals surface area contributed by atoms with Crippen molar-refractivity contribution in [3.05, 3.63) is 46.8 Å². The summed E-state index contributed by atoms with van der Waals surface area (Å²) in [6.07, 6.45) is 0.743. The van der Waals surface area contributed by atoms with Gasteiger partial charge < -0.3 is 19.3 Å². The highest BCUT2D eigenvalue weighted by atomic mass is 19.1. The van der Waals surface area contributed by atoms with Crippen molar-refractivity contribution in [3.8, 4) is 22.6 Å². The largest absolute Gasteiger partial charge is 0.487 e. The monoisotopic (exact) mass is 388 g/mol. The summed E-state index contributed by atoms with van der Waals surface area (Å²) in [5.74, 6) is 1.21. The van der Waals surface area contributed by atoms with Gasteiger partial charge in [-0.05, 0) is 48.6 Å². The summed E-state index contributed by atoms with van der Waals surface area (Å²) < 4.78 is 31.1. The number of benzene rings is 2. The van der Waals surface area contributed by atoms with Crippen LogP contribution in [-0.2, 0) is 17.8 Å². The van der Waals surface area contributed by atoms with Crippen molar-refractivity contribution in [2.24, 2.45) is 0 Å². The van der Waals surface area contributed by atoms with Crippen molar-refractivity contribution < 1.29 is 23.7 Å². The van der Waals surface area contributed by atoms with Gasteiger partial charge in [0.1, 0.15) is 18.0 Å². The summed E-state index contributed by atoms with van der Waals surface area (Å²) in [5.41, 5.74) is 4.17. The van der Waals surface area contributed by atoms with Gasteiger partial charge in [-0.1, -0.05) is 26.0 Å². The maximum atomic E-state index is 13.5. The molecule has 0 atom stereocenters. The Kier molecular flexibility index (Phi) is 5.96. The van der Waals surface area contributed by atoms with Crippen LogP contribution < -0.4 is 9.47 Å². The van der Waals surface area contributed by atoms with Gasteiger partial charge in [0.25, 0.3) is 0 Å². The minimum absolute atomic E-state index is 0.130. The van der Waals surface area contributed by atoms with E-state index >= 15 is 0 Å². The molecule has 0 aromatic heterocycles. The van der Waals surface area contributed by atoms with E-state index < -0.39 is 0 Å². The van der Waals surface area contributed by atoms with Crippen molar-refractivity contribution >= 4 is 0 Å². The minimum atomic E-state index is -0.362. The smallest absolute Gasteiger partial charge is 0.169 e. The molecule has 1 aliphatic heterocycles. The fourth-order valence-electron chi connectivity index (χ4n) is 4.00. The van der Waals surface area contributed by atoms with Gasteiger partial charge in [-0.2, -0.15) is 0 Å². The molecule has 0 aliphatic carbocycles. The molecule has 0 saturated heterocycles. The van der Waals surface area contributed by atoms with E-state index in [4.69, 9.17) is 14.2 Å². The molecule has 0 saturated carbocycles. The third-order valence-electron chi connectivity index (χ3n) is 5.04. The van der Waals surface area contributed by atoms with Gasteiger partial charge in [-0.15, -0.1) is 0 Å². The van der Waals surface area contributed by atoms with E-state index in [0.29, 0.717) is 19.0 Å². The van der Waals surface area contributed by atoms with Crippen LogP contribution in [0.25, 0.3) is 11.1 Å². The van der Waals surface area contributed by atoms with E-state index in [1.165, 1.54) is 12.1 Å². The van der Waals surface area contributed by atoms with Crippen LogP contribution in [0.1, 0.15) is 50.3 Å². The summed E-state index contributed by atoms with van der Waals surface area (Å²) in [6, 6.07) is 6.26. The predicted octanol–water partition coefficient (Wildman–Crippen LogP) is 4.85. The Balaban J connectivity index is 2.31. The van der Waals surface area contributed by atoms with E-state index in [1.54, 1.807) is 19.2 Å². The Morgan fingerprint density at radius 2 is 1.86 bits per heavy atom. The standard InChI is InChI=1S/C23H29FO4/c1-14(2)19-17-12-23(3,4)28-21(17)22(27-11-10-26-5)20(18(19)13-25)15-6-8-16(24)9-7-15/h6-9,14,25H,10-13H2,1-5H3. The molecule has 4 nitrogen and oxygen atoms in total. The molecule has 0 spiro atoms. The number of hydrogen-bond donors (Lipinski definition) is 1. The number of hydrogen-bond acceptors (Lipinski definition) is 4. The molecule has 28 heavy (non-hydrogen) atoms. The summed E-state index contributed by atoms with van der Waals surface area (Å²) in [6.45, 7) is 8.97. The maximum absolute atomic E-state index is 13.5. The lowest BCUT2D eigenvalue weighted by molar-refractivity contribution is 0.122. The van der Waals surface area contributed by atoms with E-state index in [9.17, 15) is 9.50 Å². The Morgan fingerprint density at radius 1 is 1.18 bits per heavy atom. The molecular weight excluding hydrogens is 359 g/mol. The van der Waals surface area contributed by atoms with Crippen LogP contribution in [-0.4, -0.2) is 31.0 Å². The molecule has 1 aliphatic rings. The number of rotatable bonds is 7. The van der Waals surface area contributed by atoms with Crippen LogP contribution in [0.3, 0.4) is 0 Å². The first-order chi connectivity index (χ1) is 13.3. The number of ether oxygens (including phenoxy) is 3. The second kappa shape index (κ2) is 8.10. The highest BCUT2D eigenvalue weighted by molar-refractivity contribution is 5.81. The third kappa shape index (κ3) is 3.87. The van der Waals surface area contributed by atoms with Crippen LogP contribution >= 0.6 is 0 Å². The zero-order chi connectivity index (χ0) is 20.5. The second-order valence-corrected chi connectivity index (χ2v) is 8.10. The minimum Gasteiger partial charge on any atom is -0.487 e. The summed E-state index contributed by atoms with van der Waals surface area (Å²) in [7, 11) is 1.62. The quantitative estimate of drug-likeness (QED) is 0.689. The van der Waals surface area contributed by atoms with Crippen molar-refractivity contribution in [2.75, 3.05) is 20.3 Å². The van der Waals surface area contributed by atoms with Crippen molar-refractivity contribution in [3.63, 3.8) is 0 Å². The number of aliphatic hydroxyl groups excluding tert-OH is 1. The fourth-order valence-corrected chi connectivity index (χ4v) is 4.00. The van der Waals surface area contributed by atoms with Crippen molar-refractivity contribution in [1.29, 1.82) is 0 Å². The zero-order valence-corrected chi connectivity index (χ0v) is 17.3. The van der Waals surface area contributed by atoms with Crippen molar-refractivity contribution in [2.45, 2.75) is 52.2 Å². The summed E-state index contributed by atoms with van der Waals surface area (Å²) in [5, 5.41) is 10.3. The normalized spacial score (nSPS) is 14.9. The average Bonchev–Trinajstić information content (AvgIpc) is 2.96. The van der Waals surface area contributed by atoms with Gasteiger partial charge in [0, 0.05) is 24.7 Å². The Morgan fingerprint density at radius 3 is 2.43 bits per heavy atom. The van der Waals surface area contributed by atoms with Crippen LogP contribution in [0.15, 0.2) is 24.3 Å². The van der Waals surface area contributed by atoms with Gasteiger partial charge in [0.15, 0.2) is 11.5 Å². The van der Waals surface area contributed by atoms with Gasteiger partial charge in [0.2, 0.25) is 0 Å². The number of halogens is 1. The van der Waals surface area contributed by atoms with Crippen LogP contribution in [0.5, 0.6) is 11.5 Å². The van der Waals surface area contributed by atoms with E-state index in [0.717, 1.165) is 40.0 Å². The lowest BCUT2D eigenvalue weighted by Crippen LogP contribution is -2.25. The predicted molar refractivity (Wildman–Crippen MR) is 108 cm³/mol. The Bertz CT molecular complexity index is 841. The van der Waals surface area contributed by atoms with E-state index in [2.05, 4.69) is 13.8 Å². The first-order valence-electron chi connectivity index (χ1n) is 9.68. The second-order valence-electron chi connectivity index (χ2n) is 8.10. The molecule has 0 amide bonds. The van der Waals surface area contributed by atoms with Crippen LogP contribution in [0.2, 0.25) is 0 Å². The first kappa shape index (κ1) is 20.6. The highest BCUT2D eigenvalue weighted by Gasteiger charge is 2.38. The summed E-state index contributed by atoms with van der Waals surface area (Å²) in [4.78, 5) is 0. The molecular formula is C23H29FO4. The number of fused-ring (bicyclic) bond motifs is 1. The topological polar surface area (TPSA) is 47.9 Å². The average molecular weight is 388 g/mol. The SMILES string of the molecule is COCCOc1c2c(c(C(C)C)c(CO)c1-c1ccc(F)cc1)CC(C)(C)O2. The molecule has 5 heteroatoms. The molecule has 0 fully saturated rings. The fraction of sp³-hybridized carbons (Fsp3) is 0.478. The van der Waals surface area contributed by atoms with Crippen molar-refractivity contribution in [1.82, 2.24) is 0 Å². The third-order valence-corrected chi connectivity index (χ3v) is 5.04. The molecule has 152 valence electrons. The van der Waals surface area contributed by atoms with Crippen LogP contribution in [0, 0.1) is 5.82 Å². The molecule has 0 unspecified atom stereocenters. The van der Waals surface area contributed by atoms with Gasteiger partial charge in [-0.25, -0.2) is 4.39 Å². The molecule has 0 radical (unpaired) electrons. The van der Waals surface area contributed by atoms with E-state index in [-0.39, 0.29) is 23.9 Å². The molecule has 3 rings (SSSR count). The molecule has 0 bridgehead atoms. The van der Waals surface area contributed by atoms with Gasteiger partial charge >= 0.3 is 0 Å².